The molecule has 1 rings (SSSR count). The molecule has 1 aromatic rings. The second kappa shape index (κ2) is 6.65. The number of carbonyl (C=O) groups excluding carboxylic acids is 1. The van der Waals surface area contributed by atoms with Crippen LogP contribution in [-0.2, 0) is 4.79 Å². The smallest absolute Gasteiger partial charge is 0.323 e. The number of non-ortho nitro benzene ring substituents is 1. The highest BCUT2D eigenvalue weighted by atomic mass is 16.6. The van der Waals surface area contributed by atoms with Crippen LogP contribution >= 0.6 is 0 Å². The third kappa shape index (κ3) is 4.34. The van der Waals surface area contributed by atoms with E-state index in [1.54, 1.807) is 0 Å². The topological polar surface area (TPSA) is 101 Å². The molecule has 1 N–H and O–H groups in total. The van der Waals surface area contributed by atoms with Crippen LogP contribution in [0.2, 0.25) is 0 Å². The molecule has 0 spiro atoms. The molecule has 1 aromatic carbocycles. The Balaban J connectivity index is 3.01. The van der Waals surface area contributed by atoms with Crippen LogP contribution in [0.3, 0.4) is 0 Å². The van der Waals surface area contributed by atoms with Crippen molar-refractivity contribution in [2.24, 2.45) is 5.92 Å². The predicted octanol–water partition coefficient (Wildman–Crippen LogP) is 1.78. The molecule has 0 fully saturated rings. The van der Waals surface area contributed by atoms with E-state index in [-0.39, 0.29) is 23.7 Å². The molecule has 7 nitrogen and oxygen atoms in total. The van der Waals surface area contributed by atoms with Crippen LogP contribution in [0.4, 0.5) is 5.69 Å². The van der Waals surface area contributed by atoms with E-state index in [0.29, 0.717) is 0 Å². The Bertz CT molecular complexity index is 527. The molecule has 0 unspecified atom stereocenters. The average Bonchev–Trinajstić information content (AvgIpc) is 2.36. The minimum Gasteiger partial charge on any atom is -0.480 e. The van der Waals surface area contributed by atoms with E-state index in [2.05, 4.69) is 0 Å². The quantitative estimate of drug-likeness (QED) is 0.632. The van der Waals surface area contributed by atoms with Crippen molar-refractivity contribution >= 4 is 17.6 Å². The largest absolute Gasteiger partial charge is 0.480 e. The van der Waals surface area contributed by atoms with Crippen LogP contribution in [0, 0.1) is 16.0 Å². The third-order valence-corrected chi connectivity index (χ3v) is 2.50. The molecule has 0 aliphatic heterocycles. The number of benzene rings is 1. The molecule has 7 heteroatoms. The number of aliphatic carboxylic acids is 1. The summed E-state index contributed by atoms with van der Waals surface area (Å²) in [5.74, 6) is -1.55. The summed E-state index contributed by atoms with van der Waals surface area (Å²) in [6.07, 6.45) is 0. The van der Waals surface area contributed by atoms with Gasteiger partial charge in [-0.3, -0.25) is 19.7 Å². The third-order valence-electron chi connectivity index (χ3n) is 2.50. The highest BCUT2D eigenvalue weighted by Crippen LogP contribution is 2.15. The van der Waals surface area contributed by atoms with Gasteiger partial charge in [-0.15, -0.1) is 0 Å². The molecule has 0 radical (unpaired) electrons. The van der Waals surface area contributed by atoms with Crippen LogP contribution in [0.15, 0.2) is 24.3 Å². The van der Waals surface area contributed by atoms with Gasteiger partial charge < -0.3 is 10.0 Å². The van der Waals surface area contributed by atoms with Gasteiger partial charge in [-0.25, -0.2) is 0 Å². The maximum absolute atomic E-state index is 12.2. The van der Waals surface area contributed by atoms with Crippen LogP contribution in [0.25, 0.3) is 0 Å². The second-order valence-electron chi connectivity index (χ2n) is 4.78. The number of amides is 1. The lowest BCUT2D eigenvalue weighted by Crippen LogP contribution is -2.38. The Morgan fingerprint density at radius 3 is 2.55 bits per heavy atom. The van der Waals surface area contributed by atoms with Crippen LogP contribution in [0.1, 0.15) is 24.2 Å². The summed E-state index contributed by atoms with van der Waals surface area (Å²) in [6, 6.07) is 5.27. The van der Waals surface area contributed by atoms with Gasteiger partial charge in [-0.1, -0.05) is 19.9 Å². The molecule has 20 heavy (non-hydrogen) atoms. The zero-order valence-electron chi connectivity index (χ0n) is 11.3. The van der Waals surface area contributed by atoms with Gasteiger partial charge in [0.1, 0.15) is 6.54 Å². The number of rotatable bonds is 6. The summed E-state index contributed by atoms with van der Waals surface area (Å²) in [4.78, 5) is 34.3. The van der Waals surface area contributed by atoms with Crippen molar-refractivity contribution in [3.63, 3.8) is 0 Å². The SMILES string of the molecule is CC(C)CN(CC(=O)O)C(=O)c1cccc([N+](=O)[O-])c1. The lowest BCUT2D eigenvalue weighted by atomic mass is 10.1. The number of hydrogen-bond donors (Lipinski definition) is 1. The van der Waals surface area contributed by atoms with Crippen LogP contribution < -0.4 is 0 Å². The van der Waals surface area contributed by atoms with Crippen molar-refractivity contribution in [1.29, 1.82) is 0 Å². The number of hydrogen-bond acceptors (Lipinski definition) is 4. The first kappa shape index (κ1) is 15.6. The van der Waals surface area contributed by atoms with Gasteiger partial charge in [0.15, 0.2) is 0 Å². The van der Waals surface area contributed by atoms with E-state index in [4.69, 9.17) is 5.11 Å². The Hall–Kier alpha value is -2.44. The van der Waals surface area contributed by atoms with Gasteiger partial charge in [0.05, 0.1) is 4.92 Å². The van der Waals surface area contributed by atoms with Crippen LogP contribution in [-0.4, -0.2) is 39.9 Å². The van der Waals surface area contributed by atoms with Crippen LogP contribution in [0.5, 0.6) is 0 Å². The fraction of sp³-hybridized carbons (Fsp3) is 0.385. The lowest BCUT2D eigenvalue weighted by Gasteiger charge is -2.22. The summed E-state index contributed by atoms with van der Waals surface area (Å²) in [7, 11) is 0. The monoisotopic (exact) mass is 280 g/mol. The van der Waals surface area contributed by atoms with E-state index < -0.39 is 23.3 Å². The van der Waals surface area contributed by atoms with Gasteiger partial charge in [0, 0.05) is 24.2 Å². The molecule has 0 saturated carbocycles. The first-order valence-electron chi connectivity index (χ1n) is 6.06. The molecule has 0 bridgehead atoms. The molecule has 0 heterocycles. The summed E-state index contributed by atoms with van der Waals surface area (Å²) >= 11 is 0. The van der Waals surface area contributed by atoms with Gasteiger partial charge in [0.25, 0.3) is 11.6 Å². The second-order valence-corrected chi connectivity index (χ2v) is 4.78. The maximum Gasteiger partial charge on any atom is 0.323 e. The first-order chi connectivity index (χ1) is 9.31. The number of nitro benzene ring substituents is 1. The lowest BCUT2D eigenvalue weighted by molar-refractivity contribution is -0.384. The maximum atomic E-state index is 12.2. The van der Waals surface area contributed by atoms with Crippen molar-refractivity contribution in [2.45, 2.75) is 13.8 Å². The summed E-state index contributed by atoms with van der Waals surface area (Å²) in [6.45, 7) is 3.55. The zero-order chi connectivity index (χ0) is 15.3. The Labute approximate surface area is 116 Å². The van der Waals surface area contributed by atoms with Gasteiger partial charge in [0.2, 0.25) is 0 Å². The van der Waals surface area contributed by atoms with E-state index in [1.807, 2.05) is 13.8 Å². The number of carboxylic acid groups (broad SMARTS) is 1. The number of nitro groups is 1. The first-order valence-corrected chi connectivity index (χ1v) is 6.06. The molecule has 0 aliphatic carbocycles. The Kier molecular flexibility index (Phi) is 5.19. The fourth-order valence-electron chi connectivity index (χ4n) is 1.76. The summed E-state index contributed by atoms with van der Waals surface area (Å²) < 4.78 is 0. The normalized spacial score (nSPS) is 10.3. The number of carbonyl (C=O) groups is 2. The molecule has 0 saturated heterocycles. The highest BCUT2D eigenvalue weighted by Gasteiger charge is 2.21. The van der Waals surface area contributed by atoms with Crippen molar-refractivity contribution in [1.82, 2.24) is 4.90 Å². The molecule has 0 atom stereocenters. The minimum absolute atomic E-state index is 0.0944. The van der Waals surface area contributed by atoms with E-state index in [0.717, 1.165) is 6.07 Å². The van der Waals surface area contributed by atoms with Crippen molar-refractivity contribution < 1.29 is 19.6 Å². The van der Waals surface area contributed by atoms with Gasteiger partial charge in [-0.2, -0.15) is 0 Å². The summed E-state index contributed by atoms with van der Waals surface area (Å²) in [5.41, 5.74) is -0.0863. The highest BCUT2D eigenvalue weighted by molar-refractivity contribution is 5.96. The predicted molar refractivity (Wildman–Crippen MR) is 71.5 cm³/mol. The van der Waals surface area contributed by atoms with Gasteiger partial charge >= 0.3 is 5.97 Å². The molecule has 0 aliphatic rings. The van der Waals surface area contributed by atoms with Crippen molar-refractivity contribution in [3.05, 3.63) is 39.9 Å². The molecule has 108 valence electrons. The Morgan fingerprint density at radius 2 is 2.05 bits per heavy atom. The number of nitrogens with zero attached hydrogens (tertiary/aromatic N) is 2. The molecular weight excluding hydrogens is 264 g/mol. The van der Waals surface area contributed by atoms with E-state index in [1.165, 1.54) is 23.1 Å². The van der Waals surface area contributed by atoms with E-state index >= 15 is 0 Å². The van der Waals surface area contributed by atoms with Gasteiger partial charge in [-0.05, 0) is 12.0 Å². The molecule has 0 aromatic heterocycles. The standard InChI is InChI=1S/C13H16N2O5/c1-9(2)7-14(8-12(16)17)13(18)10-4-3-5-11(6-10)15(19)20/h3-6,9H,7-8H2,1-2H3,(H,16,17). The van der Waals surface area contributed by atoms with Crippen molar-refractivity contribution in [3.8, 4) is 0 Å². The van der Waals surface area contributed by atoms with Crippen molar-refractivity contribution in [2.75, 3.05) is 13.1 Å². The fourth-order valence-corrected chi connectivity index (χ4v) is 1.76. The average molecular weight is 280 g/mol. The summed E-state index contributed by atoms with van der Waals surface area (Å²) in [5, 5.41) is 19.5. The molecular formula is C13H16N2O5. The molecule has 1 amide bonds. The minimum atomic E-state index is -1.12. The number of carboxylic acids is 1. The van der Waals surface area contributed by atoms with E-state index in [9.17, 15) is 19.7 Å². The zero-order valence-corrected chi connectivity index (χ0v) is 11.3. The Morgan fingerprint density at radius 1 is 1.40 bits per heavy atom.